The Labute approximate surface area is 102 Å². The van der Waals surface area contributed by atoms with Crippen molar-refractivity contribution in [3.63, 3.8) is 0 Å². The molecule has 2 heteroatoms. The molecule has 0 saturated carbocycles. The molecule has 0 saturated heterocycles. The molecule has 1 N–H and O–H groups in total. The molecule has 0 bridgehead atoms. The van der Waals surface area contributed by atoms with E-state index in [1.807, 2.05) is 0 Å². The Morgan fingerprint density at radius 1 is 1.31 bits per heavy atom. The van der Waals surface area contributed by atoms with E-state index in [4.69, 9.17) is 0 Å². The molecular formula is C14H30N2. The third-order valence-electron chi connectivity index (χ3n) is 2.78. The number of nitrogens with one attached hydrogen (secondary N) is 1. The monoisotopic (exact) mass is 226 g/mol. The van der Waals surface area contributed by atoms with Crippen molar-refractivity contribution in [2.75, 3.05) is 19.6 Å². The summed E-state index contributed by atoms with van der Waals surface area (Å²) in [4.78, 5) is 2.53. The SMILES string of the molecule is C=C(C)CN(CC)C(CCC)CNC(C)C. The molecule has 16 heavy (non-hydrogen) atoms. The van der Waals surface area contributed by atoms with Gasteiger partial charge < -0.3 is 5.32 Å². The summed E-state index contributed by atoms with van der Waals surface area (Å²) in [5.41, 5.74) is 1.26. The van der Waals surface area contributed by atoms with Gasteiger partial charge in [-0.25, -0.2) is 0 Å². The lowest BCUT2D eigenvalue weighted by Gasteiger charge is -2.31. The van der Waals surface area contributed by atoms with Gasteiger partial charge in [-0.15, -0.1) is 0 Å². The van der Waals surface area contributed by atoms with Crippen LogP contribution in [0, 0.1) is 0 Å². The standard InChI is InChI=1S/C14H30N2/c1-7-9-14(10-15-13(5)6)16(8-2)11-12(3)4/h13-15H,3,7-11H2,1-2,4-6H3. The van der Waals surface area contributed by atoms with E-state index in [1.165, 1.54) is 18.4 Å². The Bertz CT molecular complexity index is 187. The van der Waals surface area contributed by atoms with E-state index in [1.54, 1.807) is 0 Å². The molecule has 1 atom stereocenters. The maximum absolute atomic E-state index is 4.02. The predicted octanol–water partition coefficient (Wildman–Crippen LogP) is 3.05. The summed E-state index contributed by atoms with van der Waals surface area (Å²) >= 11 is 0. The molecular weight excluding hydrogens is 196 g/mol. The fourth-order valence-corrected chi connectivity index (χ4v) is 1.96. The normalized spacial score (nSPS) is 13.4. The first-order chi connectivity index (χ1) is 7.51. The number of likely N-dealkylation sites (N-methyl/N-ethyl adjacent to an activating group) is 1. The van der Waals surface area contributed by atoms with E-state index >= 15 is 0 Å². The fourth-order valence-electron chi connectivity index (χ4n) is 1.96. The summed E-state index contributed by atoms with van der Waals surface area (Å²) in [6.45, 7) is 18.3. The van der Waals surface area contributed by atoms with Gasteiger partial charge in [0.1, 0.15) is 0 Å². The summed E-state index contributed by atoms with van der Waals surface area (Å²) in [5.74, 6) is 0. The summed E-state index contributed by atoms with van der Waals surface area (Å²) in [6, 6.07) is 1.22. The summed E-state index contributed by atoms with van der Waals surface area (Å²) in [7, 11) is 0. The van der Waals surface area contributed by atoms with Crippen LogP contribution in [0.5, 0.6) is 0 Å². The van der Waals surface area contributed by atoms with Crippen molar-refractivity contribution < 1.29 is 0 Å². The summed E-state index contributed by atoms with van der Waals surface area (Å²) < 4.78 is 0. The van der Waals surface area contributed by atoms with E-state index in [9.17, 15) is 0 Å². The van der Waals surface area contributed by atoms with E-state index in [0.29, 0.717) is 12.1 Å². The zero-order valence-corrected chi connectivity index (χ0v) is 11.8. The Morgan fingerprint density at radius 2 is 1.94 bits per heavy atom. The molecule has 0 heterocycles. The van der Waals surface area contributed by atoms with Crippen molar-refractivity contribution in [3.05, 3.63) is 12.2 Å². The van der Waals surface area contributed by atoms with Gasteiger partial charge in [-0.05, 0) is 19.9 Å². The van der Waals surface area contributed by atoms with Crippen molar-refractivity contribution in [2.45, 2.75) is 59.5 Å². The van der Waals surface area contributed by atoms with E-state index in [2.05, 4.69) is 51.4 Å². The van der Waals surface area contributed by atoms with Gasteiger partial charge in [0.05, 0.1) is 0 Å². The van der Waals surface area contributed by atoms with E-state index in [0.717, 1.165) is 19.6 Å². The topological polar surface area (TPSA) is 15.3 Å². The van der Waals surface area contributed by atoms with Crippen LogP contribution in [0.25, 0.3) is 0 Å². The van der Waals surface area contributed by atoms with Crippen LogP contribution in [-0.4, -0.2) is 36.6 Å². The molecule has 0 aromatic heterocycles. The third kappa shape index (κ3) is 7.02. The van der Waals surface area contributed by atoms with E-state index in [-0.39, 0.29) is 0 Å². The smallest absolute Gasteiger partial charge is 0.0223 e. The van der Waals surface area contributed by atoms with Gasteiger partial charge in [0, 0.05) is 25.2 Å². The van der Waals surface area contributed by atoms with Crippen LogP contribution in [0.15, 0.2) is 12.2 Å². The van der Waals surface area contributed by atoms with Crippen LogP contribution in [0.2, 0.25) is 0 Å². The molecule has 0 amide bonds. The van der Waals surface area contributed by atoms with Gasteiger partial charge in [-0.2, -0.15) is 0 Å². The molecule has 0 aromatic carbocycles. The van der Waals surface area contributed by atoms with Crippen molar-refractivity contribution >= 4 is 0 Å². The van der Waals surface area contributed by atoms with Crippen LogP contribution >= 0.6 is 0 Å². The van der Waals surface area contributed by atoms with Gasteiger partial charge in [0.25, 0.3) is 0 Å². The van der Waals surface area contributed by atoms with Crippen molar-refractivity contribution in [1.82, 2.24) is 10.2 Å². The maximum Gasteiger partial charge on any atom is 0.0223 e. The predicted molar refractivity (Wildman–Crippen MR) is 73.9 cm³/mol. The highest BCUT2D eigenvalue weighted by Crippen LogP contribution is 2.08. The maximum atomic E-state index is 4.02. The Morgan fingerprint density at radius 3 is 2.31 bits per heavy atom. The number of nitrogens with zero attached hydrogens (tertiary/aromatic N) is 1. The van der Waals surface area contributed by atoms with Gasteiger partial charge >= 0.3 is 0 Å². The van der Waals surface area contributed by atoms with Crippen LogP contribution in [-0.2, 0) is 0 Å². The Kier molecular flexibility index (Phi) is 8.58. The molecule has 0 aliphatic carbocycles. The molecule has 0 aliphatic heterocycles. The molecule has 0 spiro atoms. The number of rotatable bonds is 9. The molecule has 0 aromatic rings. The Balaban J connectivity index is 4.27. The Hall–Kier alpha value is -0.340. The minimum atomic E-state index is 0.572. The number of hydrogen-bond acceptors (Lipinski definition) is 2. The molecule has 0 fully saturated rings. The minimum absolute atomic E-state index is 0.572. The second kappa shape index (κ2) is 8.77. The van der Waals surface area contributed by atoms with Crippen LogP contribution in [0.1, 0.15) is 47.5 Å². The van der Waals surface area contributed by atoms with Crippen LogP contribution in [0.3, 0.4) is 0 Å². The molecule has 0 radical (unpaired) electrons. The lowest BCUT2D eigenvalue weighted by molar-refractivity contribution is 0.203. The molecule has 1 unspecified atom stereocenters. The highest BCUT2D eigenvalue weighted by Gasteiger charge is 2.16. The largest absolute Gasteiger partial charge is 0.313 e. The lowest BCUT2D eigenvalue weighted by atomic mass is 10.1. The summed E-state index contributed by atoms with van der Waals surface area (Å²) in [5, 5.41) is 3.55. The van der Waals surface area contributed by atoms with Crippen molar-refractivity contribution in [3.8, 4) is 0 Å². The number of hydrogen-bond donors (Lipinski definition) is 1. The highest BCUT2D eigenvalue weighted by molar-refractivity contribution is 4.93. The third-order valence-corrected chi connectivity index (χ3v) is 2.78. The highest BCUT2D eigenvalue weighted by atomic mass is 15.2. The lowest BCUT2D eigenvalue weighted by Crippen LogP contribution is -2.44. The molecule has 0 aliphatic rings. The second-order valence-electron chi connectivity index (χ2n) is 5.03. The van der Waals surface area contributed by atoms with Crippen LogP contribution in [0.4, 0.5) is 0 Å². The molecule has 0 rings (SSSR count). The zero-order chi connectivity index (χ0) is 12.6. The summed E-state index contributed by atoms with van der Waals surface area (Å²) in [6.07, 6.45) is 2.51. The zero-order valence-electron chi connectivity index (χ0n) is 11.8. The van der Waals surface area contributed by atoms with Crippen molar-refractivity contribution in [1.29, 1.82) is 0 Å². The first-order valence-electron chi connectivity index (χ1n) is 6.63. The van der Waals surface area contributed by atoms with Crippen LogP contribution < -0.4 is 5.32 Å². The van der Waals surface area contributed by atoms with Gasteiger partial charge in [0.2, 0.25) is 0 Å². The van der Waals surface area contributed by atoms with Crippen molar-refractivity contribution in [2.24, 2.45) is 0 Å². The minimum Gasteiger partial charge on any atom is -0.313 e. The van der Waals surface area contributed by atoms with Gasteiger partial charge in [0.15, 0.2) is 0 Å². The first-order valence-corrected chi connectivity index (χ1v) is 6.63. The first kappa shape index (κ1) is 15.7. The van der Waals surface area contributed by atoms with Gasteiger partial charge in [-0.1, -0.05) is 46.3 Å². The average molecular weight is 226 g/mol. The quantitative estimate of drug-likeness (QED) is 0.608. The average Bonchev–Trinajstić information content (AvgIpc) is 2.20. The second-order valence-corrected chi connectivity index (χ2v) is 5.03. The fraction of sp³-hybridized carbons (Fsp3) is 0.857. The molecule has 2 nitrogen and oxygen atoms in total. The van der Waals surface area contributed by atoms with E-state index < -0.39 is 0 Å². The van der Waals surface area contributed by atoms with Gasteiger partial charge in [-0.3, -0.25) is 4.90 Å². The molecule has 96 valence electrons.